The molecule has 13 nitrogen and oxygen atoms in total. The Morgan fingerprint density at radius 1 is 1.03 bits per heavy atom. The lowest BCUT2D eigenvalue weighted by molar-refractivity contribution is -0.384. The molecule has 1 heterocycles. The van der Waals surface area contributed by atoms with Gasteiger partial charge in [-0.05, 0) is 18.1 Å². The van der Waals surface area contributed by atoms with Gasteiger partial charge in [0.05, 0.1) is 24.4 Å². The lowest BCUT2D eigenvalue weighted by Crippen LogP contribution is -2.63. The highest BCUT2D eigenvalue weighted by Gasteiger charge is 2.37. The molecule has 13 heteroatoms. The van der Waals surface area contributed by atoms with Crippen LogP contribution in [0.1, 0.15) is 36.8 Å². The molecular weight excluding hydrogens is 510 g/mol. The second kappa shape index (κ2) is 13.1. The molecule has 4 atom stereocenters. The third-order valence-corrected chi connectivity index (χ3v) is 6.19. The number of nitrogens with zero attached hydrogens (tertiary/aromatic N) is 1. The Hall–Kier alpha value is -4.81. The Morgan fingerprint density at radius 3 is 2.23 bits per heavy atom. The first-order valence-corrected chi connectivity index (χ1v) is 12.2. The molecule has 1 saturated heterocycles. The van der Waals surface area contributed by atoms with Crippen LogP contribution in [0.3, 0.4) is 0 Å². The number of primary amides is 1. The highest BCUT2D eigenvalue weighted by molar-refractivity contribution is 5.99. The average Bonchev–Trinajstić information content (AvgIpc) is 2.89. The van der Waals surface area contributed by atoms with E-state index in [9.17, 15) is 34.1 Å². The van der Waals surface area contributed by atoms with Gasteiger partial charge in [-0.3, -0.25) is 34.1 Å². The van der Waals surface area contributed by atoms with Gasteiger partial charge in [-0.1, -0.05) is 42.5 Å². The second-order valence-electron chi connectivity index (χ2n) is 8.93. The zero-order valence-electron chi connectivity index (χ0n) is 21.1. The number of nitrogens with one attached hydrogen (secondary N) is 3. The van der Waals surface area contributed by atoms with Crippen LogP contribution in [0.4, 0.5) is 5.69 Å². The Morgan fingerprint density at radius 2 is 1.64 bits per heavy atom. The summed E-state index contributed by atoms with van der Waals surface area (Å²) in [5.41, 5.74) is 6.52. The predicted molar refractivity (Wildman–Crippen MR) is 137 cm³/mol. The maximum atomic E-state index is 12.9. The number of hydrogen-bond donors (Lipinski definition) is 4. The fraction of sp³-hybridized carbons (Fsp3) is 0.346. The first-order chi connectivity index (χ1) is 18.6. The quantitative estimate of drug-likeness (QED) is 0.167. The van der Waals surface area contributed by atoms with Gasteiger partial charge in [0.2, 0.25) is 23.6 Å². The van der Waals surface area contributed by atoms with Crippen LogP contribution in [-0.2, 0) is 35.1 Å². The molecule has 0 saturated carbocycles. The molecule has 5 N–H and O–H groups in total. The number of nitro benzene ring substituents is 1. The Balaban J connectivity index is 1.72. The van der Waals surface area contributed by atoms with Gasteiger partial charge in [-0.15, -0.1) is 0 Å². The molecule has 0 unspecified atom stereocenters. The number of esters is 1. The summed E-state index contributed by atoms with van der Waals surface area (Å²) in [6.45, 7) is 1.67. The molecular formula is C26H29N5O8. The van der Waals surface area contributed by atoms with E-state index < -0.39 is 65.0 Å². The molecule has 0 radical (unpaired) electrons. The fourth-order valence-electron chi connectivity index (χ4n) is 4.27. The lowest BCUT2D eigenvalue weighted by Gasteiger charge is -2.30. The zero-order chi connectivity index (χ0) is 28.5. The van der Waals surface area contributed by atoms with Crippen molar-refractivity contribution in [2.24, 2.45) is 5.73 Å². The van der Waals surface area contributed by atoms with Crippen molar-refractivity contribution in [1.29, 1.82) is 0 Å². The normalized spacial score (nSPS) is 18.2. The number of ether oxygens (including phenoxy) is 1. The van der Waals surface area contributed by atoms with Crippen LogP contribution in [0.25, 0.3) is 0 Å². The number of carbonyl (C=O) groups is 5. The van der Waals surface area contributed by atoms with Crippen molar-refractivity contribution in [1.82, 2.24) is 16.0 Å². The maximum Gasteiger partial charge on any atom is 0.306 e. The first kappa shape index (κ1) is 28.8. The van der Waals surface area contributed by atoms with Crippen molar-refractivity contribution >= 4 is 35.3 Å². The standard InChI is InChI=1S/C26H29N5O8/c1-2-39-22(33)13-18(16-8-10-17(11-9-16)31(37)38)23(24(27)34)30-21(32)14-20-26(36)28-19(25(35)29-20)12-15-6-4-3-5-7-15/h3-11,18-20,23H,2,12-14H2,1H3,(H2,27,34)(H,28,36)(H,29,35)(H,30,32)/t18-,19-,20-,23-/m0/s1. The Bertz CT molecular complexity index is 1230. The van der Waals surface area contributed by atoms with Crippen molar-refractivity contribution in [3.05, 3.63) is 75.8 Å². The van der Waals surface area contributed by atoms with Gasteiger partial charge < -0.3 is 26.4 Å². The maximum absolute atomic E-state index is 12.9. The van der Waals surface area contributed by atoms with E-state index in [1.165, 1.54) is 24.3 Å². The van der Waals surface area contributed by atoms with Crippen molar-refractivity contribution in [2.75, 3.05) is 6.61 Å². The largest absolute Gasteiger partial charge is 0.466 e. The van der Waals surface area contributed by atoms with Crippen LogP contribution >= 0.6 is 0 Å². The third kappa shape index (κ3) is 7.84. The smallest absolute Gasteiger partial charge is 0.306 e. The average molecular weight is 540 g/mol. The van der Waals surface area contributed by atoms with Gasteiger partial charge in [0.25, 0.3) is 5.69 Å². The second-order valence-corrected chi connectivity index (χ2v) is 8.93. The van der Waals surface area contributed by atoms with Crippen LogP contribution in [0.2, 0.25) is 0 Å². The molecule has 2 aromatic rings. The van der Waals surface area contributed by atoms with E-state index in [0.717, 1.165) is 5.56 Å². The summed E-state index contributed by atoms with van der Waals surface area (Å²) < 4.78 is 4.98. The number of hydrogen-bond acceptors (Lipinski definition) is 8. The van der Waals surface area contributed by atoms with Crippen molar-refractivity contribution in [2.45, 2.75) is 50.2 Å². The number of non-ortho nitro benzene ring substituents is 1. The monoisotopic (exact) mass is 539 g/mol. The molecule has 1 aliphatic rings. The van der Waals surface area contributed by atoms with E-state index in [-0.39, 0.29) is 25.1 Å². The number of carbonyl (C=O) groups excluding carboxylic acids is 5. The molecule has 0 aromatic heterocycles. The summed E-state index contributed by atoms with van der Waals surface area (Å²) in [6.07, 6.45) is -0.584. The molecule has 0 bridgehead atoms. The fourth-order valence-corrected chi connectivity index (χ4v) is 4.27. The predicted octanol–water partition coefficient (Wildman–Crippen LogP) is 0.218. The number of nitro groups is 1. The number of benzene rings is 2. The summed E-state index contributed by atoms with van der Waals surface area (Å²) in [7, 11) is 0. The SMILES string of the molecule is CCOC(=O)C[C@@H](c1ccc([N+](=O)[O-])cc1)[C@H](NC(=O)C[C@@H]1NC(=O)[C@H](Cc2ccccc2)NC1=O)C(N)=O. The summed E-state index contributed by atoms with van der Waals surface area (Å²) in [6, 6.07) is 10.8. The number of amides is 4. The van der Waals surface area contributed by atoms with E-state index in [0.29, 0.717) is 5.56 Å². The van der Waals surface area contributed by atoms with Crippen LogP contribution in [0.5, 0.6) is 0 Å². The van der Waals surface area contributed by atoms with Gasteiger partial charge in [-0.25, -0.2) is 0 Å². The van der Waals surface area contributed by atoms with Crippen LogP contribution in [0, 0.1) is 10.1 Å². The molecule has 39 heavy (non-hydrogen) atoms. The molecule has 1 fully saturated rings. The van der Waals surface area contributed by atoms with Gasteiger partial charge in [0.1, 0.15) is 18.1 Å². The number of nitrogens with two attached hydrogens (primary N) is 1. The molecule has 2 aromatic carbocycles. The summed E-state index contributed by atoms with van der Waals surface area (Å²) in [4.78, 5) is 73.2. The topological polar surface area (TPSA) is 200 Å². The van der Waals surface area contributed by atoms with Gasteiger partial charge in [0.15, 0.2) is 0 Å². The molecule has 4 amide bonds. The van der Waals surface area contributed by atoms with Gasteiger partial charge >= 0.3 is 5.97 Å². The van der Waals surface area contributed by atoms with E-state index >= 15 is 0 Å². The van der Waals surface area contributed by atoms with Crippen molar-refractivity contribution in [3.63, 3.8) is 0 Å². The van der Waals surface area contributed by atoms with Crippen LogP contribution in [0.15, 0.2) is 54.6 Å². The summed E-state index contributed by atoms with van der Waals surface area (Å²) in [5.74, 6) is -4.48. The van der Waals surface area contributed by atoms with Crippen molar-refractivity contribution < 1.29 is 33.6 Å². The van der Waals surface area contributed by atoms with E-state index in [4.69, 9.17) is 10.5 Å². The molecule has 1 aliphatic heterocycles. The molecule has 0 aliphatic carbocycles. The minimum absolute atomic E-state index is 0.0706. The summed E-state index contributed by atoms with van der Waals surface area (Å²) in [5, 5.41) is 18.6. The highest BCUT2D eigenvalue weighted by Crippen LogP contribution is 2.27. The molecule has 0 spiro atoms. The third-order valence-electron chi connectivity index (χ3n) is 6.19. The number of piperazine rings is 1. The first-order valence-electron chi connectivity index (χ1n) is 12.2. The van der Waals surface area contributed by atoms with E-state index in [2.05, 4.69) is 16.0 Å². The molecule has 206 valence electrons. The Kier molecular flexibility index (Phi) is 9.68. The zero-order valence-corrected chi connectivity index (χ0v) is 21.1. The lowest BCUT2D eigenvalue weighted by atomic mass is 9.87. The minimum atomic E-state index is -1.42. The minimum Gasteiger partial charge on any atom is -0.466 e. The van der Waals surface area contributed by atoms with Gasteiger partial charge in [-0.2, -0.15) is 0 Å². The number of rotatable bonds is 12. The van der Waals surface area contributed by atoms with Crippen LogP contribution < -0.4 is 21.7 Å². The molecule has 3 rings (SSSR count). The summed E-state index contributed by atoms with van der Waals surface area (Å²) >= 11 is 0. The van der Waals surface area contributed by atoms with Crippen molar-refractivity contribution in [3.8, 4) is 0 Å². The highest BCUT2D eigenvalue weighted by atomic mass is 16.6. The van der Waals surface area contributed by atoms with E-state index in [1.807, 2.05) is 30.3 Å². The Labute approximate surface area is 223 Å². The van der Waals surface area contributed by atoms with Crippen LogP contribution in [-0.4, -0.2) is 59.3 Å². The van der Waals surface area contributed by atoms with Gasteiger partial charge in [0, 0.05) is 24.5 Å². The van der Waals surface area contributed by atoms with E-state index in [1.54, 1.807) is 6.92 Å².